The van der Waals surface area contributed by atoms with E-state index in [0.717, 1.165) is 41.3 Å². The second-order valence-corrected chi connectivity index (χ2v) is 11.1. The van der Waals surface area contributed by atoms with Crippen molar-refractivity contribution in [2.45, 2.75) is 49.8 Å². The lowest BCUT2D eigenvalue weighted by atomic mass is 9.76. The Bertz CT molecular complexity index is 1070. The number of carbonyl (C=O) groups is 1. The lowest BCUT2D eigenvalue weighted by Gasteiger charge is -2.43. The SMILES string of the molecule is CC1(C)C(N)=N[C@@]2(CCCc3ccc(CC(=O)c4cnsn4)cc32)CS1(=O)=O. The summed E-state index contributed by atoms with van der Waals surface area (Å²) in [7, 11) is -3.47. The summed E-state index contributed by atoms with van der Waals surface area (Å²) in [5, 5.41) is 0. The maximum absolute atomic E-state index is 13.0. The van der Waals surface area contributed by atoms with Gasteiger partial charge in [0.2, 0.25) is 0 Å². The van der Waals surface area contributed by atoms with Crippen molar-refractivity contribution in [2.24, 2.45) is 10.7 Å². The largest absolute Gasteiger partial charge is 0.386 e. The van der Waals surface area contributed by atoms with E-state index in [-0.39, 0.29) is 23.8 Å². The van der Waals surface area contributed by atoms with Crippen LogP contribution in [0.4, 0.5) is 0 Å². The Morgan fingerprint density at radius 3 is 2.79 bits per heavy atom. The predicted octanol–water partition coefficient (Wildman–Crippen LogP) is 2.06. The molecule has 148 valence electrons. The number of aromatic nitrogens is 2. The highest BCUT2D eigenvalue weighted by molar-refractivity contribution is 7.93. The van der Waals surface area contributed by atoms with Crippen molar-refractivity contribution in [2.75, 3.05) is 5.75 Å². The second kappa shape index (κ2) is 6.45. The lowest BCUT2D eigenvalue weighted by molar-refractivity contribution is 0.0989. The summed E-state index contributed by atoms with van der Waals surface area (Å²) in [6.07, 6.45) is 3.99. The summed E-state index contributed by atoms with van der Waals surface area (Å²) in [5.74, 6) is -0.0192. The van der Waals surface area contributed by atoms with E-state index in [4.69, 9.17) is 10.7 Å². The van der Waals surface area contributed by atoms with Crippen LogP contribution in [0.5, 0.6) is 0 Å². The number of Topliss-reactive ketones (excluding diaryl/α,β-unsaturated/α-hetero) is 1. The highest BCUT2D eigenvalue weighted by Gasteiger charge is 2.51. The first-order valence-electron chi connectivity index (χ1n) is 9.16. The fraction of sp³-hybridized carbons (Fsp3) is 0.474. The molecule has 1 spiro atoms. The normalized spacial score (nSPS) is 25.1. The molecule has 1 atom stereocenters. The average Bonchev–Trinajstić information content (AvgIpc) is 3.15. The molecule has 0 bridgehead atoms. The van der Waals surface area contributed by atoms with Gasteiger partial charge >= 0.3 is 0 Å². The highest BCUT2D eigenvalue weighted by Crippen LogP contribution is 2.44. The van der Waals surface area contributed by atoms with Gasteiger partial charge in [0.1, 0.15) is 21.8 Å². The number of hydrogen-bond acceptors (Lipinski definition) is 8. The Hall–Kier alpha value is -2.13. The van der Waals surface area contributed by atoms with Crippen LogP contribution in [-0.2, 0) is 28.2 Å². The maximum Gasteiger partial charge on any atom is 0.188 e. The van der Waals surface area contributed by atoms with Gasteiger partial charge in [-0.1, -0.05) is 18.2 Å². The average molecular weight is 419 g/mol. The van der Waals surface area contributed by atoms with E-state index >= 15 is 0 Å². The van der Waals surface area contributed by atoms with Crippen LogP contribution >= 0.6 is 11.7 Å². The number of nitrogens with zero attached hydrogens (tertiary/aromatic N) is 3. The second-order valence-electron chi connectivity index (χ2n) is 8.04. The van der Waals surface area contributed by atoms with Crippen molar-refractivity contribution < 1.29 is 13.2 Å². The summed E-state index contributed by atoms with van der Waals surface area (Å²) >= 11 is 0.999. The summed E-state index contributed by atoms with van der Waals surface area (Å²) in [6, 6.07) is 5.83. The molecule has 2 heterocycles. The van der Waals surface area contributed by atoms with E-state index in [1.54, 1.807) is 13.8 Å². The summed E-state index contributed by atoms with van der Waals surface area (Å²) in [4.78, 5) is 17.2. The summed E-state index contributed by atoms with van der Waals surface area (Å²) < 4.78 is 32.7. The lowest BCUT2D eigenvalue weighted by Crippen LogP contribution is -2.56. The minimum atomic E-state index is -3.47. The number of nitrogens with two attached hydrogens (primary N) is 1. The minimum absolute atomic E-state index is 0.0614. The Labute approximate surface area is 168 Å². The van der Waals surface area contributed by atoms with Crippen LogP contribution in [0.3, 0.4) is 0 Å². The molecule has 1 aliphatic heterocycles. The number of aliphatic imine (C=N–C) groups is 1. The van der Waals surface area contributed by atoms with Crippen LogP contribution in [0.25, 0.3) is 0 Å². The first kappa shape index (κ1) is 19.2. The predicted molar refractivity (Wildman–Crippen MR) is 108 cm³/mol. The molecule has 28 heavy (non-hydrogen) atoms. The zero-order valence-corrected chi connectivity index (χ0v) is 17.4. The Balaban J connectivity index is 1.77. The van der Waals surface area contributed by atoms with Gasteiger partial charge in [-0.15, -0.1) is 0 Å². The van der Waals surface area contributed by atoms with Crippen LogP contribution in [0, 0.1) is 0 Å². The topological polar surface area (TPSA) is 115 Å². The summed E-state index contributed by atoms with van der Waals surface area (Å²) in [6.45, 7) is 3.21. The quantitative estimate of drug-likeness (QED) is 0.763. The molecule has 1 aromatic heterocycles. The molecule has 0 amide bonds. The fourth-order valence-electron chi connectivity index (χ4n) is 3.97. The third kappa shape index (κ3) is 2.97. The van der Waals surface area contributed by atoms with Crippen molar-refractivity contribution in [1.82, 2.24) is 8.75 Å². The summed E-state index contributed by atoms with van der Waals surface area (Å²) in [5.41, 5.74) is 8.38. The first-order valence-corrected chi connectivity index (χ1v) is 11.5. The molecule has 9 heteroatoms. The van der Waals surface area contributed by atoms with Gasteiger partial charge in [0.15, 0.2) is 15.6 Å². The van der Waals surface area contributed by atoms with E-state index in [1.807, 2.05) is 18.2 Å². The molecule has 0 saturated heterocycles. The molecular weight excluding hydrogens is 396 g/mol. The molecule has 2 aliphatic rings. The van der Waals surface area contributed by atoms with Crippen LogP contribution in [0.1, 0.15) is 53.9 Å². The van der Waals surface area contributed by atoms with Crippen LogP contribution < -0.4 is 5.73 Å². The van der Waals surface area contributed by atoms with Gasteiger partial charge in [-0.2, -0.15) is 8.75 Å². The number of ketones is 1. The number of sulfone groups is 1. The number of carbonyl (C=O) groups excluding carboxylic acids is 1. The fourth-order valence-corrected chi connectivity index (χ4v) is 6.12. The van der Waals surface area contributed by atoms with Crippen LogP contribution in [0.2, 0.25) is 0 Å². The number of benzene rings is 1. The van der Waals surface area contributed by atoms with Gasteiger partial charge in [-0.05, 0) is 49.8 Å². The number of fused-ring (bicyclic) bond motifs is 2. The number of hydrogen-bond donors (Lipinski definition) is 1. The van der Waals surface area contributed by atoms with Gasteiger partial charge in [0.05, 0.1) is 23.7 Å². The van der Waals surface area contributed by atoms with Gasteiger partial charge in [0, 0.05) is 6.42 Å². The molecule has 0 saturated carbocycles. The minimum Gasteiger partial charge on any atom is -0.386 e. The number of aryl methyl sites for hydroxylation is 1. The molecule has 2 aromatic rings. The van der Waals surface area contributed by atoms with Gasteiger partial charge in [-0.25, -0.2) is 8.42 Å². The molecule has 4 rings (SSSR count). The van der Waals surface area contributed by atoms with Crippen LogP contribution in [0.15, 0.2) is 29.4 Å². The number of rotatable bonds is 3. The van der Waals surface area contributed by atoms with E-state index in [1.165, 1.54) is 6.20 Å². The molecule has 1 aromatic carbocycles. The Morgan fingerprint density at radius 1 is 1.32 bits per heavy atom. The van der Waals surface area contributed by atoms with Crippen molar-refractivity contribution in [1.29, 1.82) is 0 Å². The molecule has 2 N–H and O–H groups in total. The zero-order chi connectivity index (χ0) is 20.2. The van der Waals surface area contributed by atoms with Gasteiger partial charge < -0.3 is 5.73 Å². The van der Waals surface area contributed by atoms with E-state index in [2.05, 4.69) is 8.75 Å². The van der Waals surface area contributed by atoms with E-state index in [9.17, 15) is 13.2 Å². The standard InChI is InChI=1S/C19H22N4O3S2/c1-18(2)17(20)22-19(11-28(18,25)26)7-3-4-13-6-5-12(8-14(13)19)9-16(24)15-10-21-27-23-15/h5-6,8,10H,3-4,7,9,11H2,1-2H3,(H2,20,22)/t19-/m0/s1. The Morgan fingerprint density at radius 2 is 2.11 bits per heavy atom. The zero-order valence-electron chi connectivity index (χ0n) is 15.8. The van der Waals surface area contributed by atoms with Crippen molar-refractivity contribution in [3.8, 4) is 0 Å². The van der Waals surface area contributed by atoms with Crippen molar-refractivity contribution >= 4 is 33.2 Å². The third-order valence-electron chi connectivity index (χ3n) is 5.88. The molecule has 0 unspecified atom stereocenters. The Kier molecular flexibility index (Phi) is 4.42. The molecule has 0 fully saturated rings. The van der Waals surface area contributed by atoms with Crippen molar-refractivity contribution in [3.63, 3.8) is 0 Å². The molecule has 0 radical (unpaired) electrons. The monoisotopic (exact) mass is 418 g/mol. The smallest absolute Gasteiger partial charge is 0.188 e. The van der Waals surface area contributed by atoms with Gasteiger partial charge in [0.25, 0.3) is 0 Å². The van der Waals surface area contributed by atoms with Gasteiger partial charge in [-0.3, -0.25) is 9.79 Å². The maximum atomic E-state index is 13.0. The third-order valence-corrected chi connectivity index (χ3v) is 8.98. The van der Waals surface area contributed by atoms with E-state index in [0.29, 0.717) is 12.1 Å². The number of amidine groups is 1. The molecule has 7 nitrogen and oxygen atoms in total. The molecular formula is C19H22N4O3S2. The van der Waals surface area contributed by atoms with Crippen LogP contribution in [-0.4, -0.2) is 39.3 Å². The first-order chi connectivity index (χ1) is 13.1. The highest BCUT2D eigenvalue weighted by atomic mass is 32.2. The van der Waals surface area contributed by atoms with E-state index < -0.39 is 20.1 Å². The molecule has 1 aliphatic carbocycles. The van der Waals surface area contributed by atoms with Crippen molar-refractivity contribution in [3.05, 3.63) is 46.8 Å².